The number of rotatable bonds is 6. The Morgan fingerprint density at radius 3 is 2.79 bits per heavy atom. The summed E-state index contributed by atoms with van der Waals surface area (Å²) in [5.74, 6) is -0.548. The molecule has 1 amide bonds. The van der Waals surface area contributed by atoms with Gasteiger partial charge in [-0.1, -0.05) is 6.08 Å². The minimum atomic E-state index is -1.04. The van der Waals surface area contributed by atoms with E-state index in [4.69, 9.17) is 0 Å². The Morgan fingerprint density at radius 2 is 2.10 bits per heavy atom. The van der Waals surface area contributed by atoms with Gasteiger partial charge in [0, 0.05) is 41.2 Å². The third-order valence-corrected chi connectivity index (χ3v) is 5.04. The van der Waals surface area contributed by atoms with E-state index in [0.29, 0.717) is 23.4 Å². The van der Waals surface area contributed by atoms with Crippen molar-refractivity contribution in [3.05, 3.63) is 60.7 Å². The van der Waals surface area contributed by atoms with Crippen molar-refractivity contribution in [1.82, 2.24) is 15.0 Å². The molecule has 0 radical (unpaired) electrons. The molecule has 1 fully saturated rings. The first-order chi connectivity index (χ1) is 14.0. The van der Waals surface area contributed by atoms with Gasteiger partial charge in [0.15, 0.2) is 0 Å². The molecular weight excluding hydrogens is 371 g/mol. The van der Waals surface area contributed by atoms with Crippen LogP contribution in [0.3, 0.4) is 0 Å². The lowest BCUT2D eigenvalue weighted by Crippen LogP contribution is -2.15. The van der Waals surface area contributed by atoms with Gasteiger partial charge in [0.05, 0.1) is 23.2 Å². The SMILES string of the molecule is C=CC[C@H](O)c1cc(C)c(-c2cnc3cc(NC(=O)[C@H]4C[C@H]4F)ncc3c2)cn1. The lowest BCUT2D eigenvalue weighted by molar-refractivity contribution is -0.117. The molecule has 148 valence electrons. The summed E-state index contributed by atoms with van der Waals surface area (Å²) in [5.41, 5.74) is 4.04. The summed E-state index contributed by atoms with van der Waals surface area (Å²) in [5, 5.41) is 13.5. The molecule has 0 aliphatic heterocycles. The van der Waals surface area contributed by atoms with E-state index in [1.54, 1.807) is 30.7 Å². The lowest BCUT2D eigenvalue weighted by Gasteiger charge is -2.12. The summed E-state index contributed by atoms with van der Waals surface area (Å²) in [6.45, 7) is 5.59. The Kier molecular flexibility index (Phi) is 5.07. The number of fused-ring (bicyclic) bond motifs is 1. The third-order valence-electron chi connectivity index (χ3n) is 5.04. The molecule has 0 spiro atoms. The normalized spacial score (nSPS) is 19.0. The number of aryl methyl sites for hydroxylation is 1. The number of hydrogen-bond donors (Lipinski definition) is 2. The van der Waals surface area contributed by atoms with Crippen LogP contribution in [0.25, 0.3) is 22.0 Å². The topological polar surface area (TPSA) is 88.0 Å². The van der Waals surface area contributed by atoms with E-state index in [1.807, 2.05) is 19.1 Å². The highest BCUT2D eigenvalue weighted by molar-refractivity contribution is 5.95. The zero-order chi connectivity index (χ0) is 20.5. The van der Waals surface area contributed by atoms with E-state index in [0.717, 1.165) is 22.1 Å². The van der Waals surface area contributed by atoms with E-state index >= 15 is 0 Å². The van der Waals surface area contributed by atoms with Crippen LogP contribution in [0.5, 0.6) is 0 Å². The van der Waals surface area contributed by atoms with Crippen LogP contribution in [0.4, 0.5) is 10.2 Å². The second kappa shape index (κ2) is 7.67. The number of aromatic nitrogens is 3. The van der Waals surface area contributed by atoms with Gasteiger partial charge in [-0.25, -0.2) is 9.37 Å². The smallest absolute Gasteiger partial charge is 0.231 e. The first kappa shape index (κ1) is 19.1. The fraction of sp³-hybridized carbons (Fsp3) is 0.273. The number of carbonyl (C=O) groups is 1. The second-order valence-corrected chi connectivity index (χ2v) is 7.30. The van der Waals surface area contributed by atoms with Gasteiger partial charge in [0.2, 0.25) is 5.91 Å². The third kappa shape index (κ3) is 4.00. The molecule has 0 unspecified atom stereocenters. The summed E-state index contributed by atoms with van der Waals surface area (Å²) in [6, 6.07) is 5.48. The molecule has 7 heteroatoms. The highest BCUT2D eigenvalue weighted by atomic mass is 19.1. The van der Waals surface area contributed by atoms with Gasteiger partial charge in [-0.05, 0) is 37.5 Å². The number of nitrogens with one attached hydrogen (secondary N) is 1. The predicted octanol–water partition coefficient (Wildman–Crippen LogP) is 3.91. The van der Waals surface area contributed by atoms with Crippen LogP contribution in [0.2, 0.25) is 0 Å². The number of anilines is 1. The zero-order valence-electron chi connectivity index (χ0n) is 16.0. The number of alkyl halides is 1. The van der Waals surface area contributed by atoms with E-state index in [2.05, 4.69) is 26.8 Å². The number of amides is 1. The van der Waals surface area contributed by atoms with Crippen LogP contribution in [0.15, 0.2) is 49.4 Å². The van der Waals surface area contributed by atoms with Gasteiger partial charge < -0.3 is 10.4 Å². The Hall–Kier alpha value is -3.19. The molecule has 29 heavy (non-hydrogen) atoms. The van der Waals surface area contributed by atoms with Crippen molar-refractivity contribution in [2.75, 3.05) is 5.32 Å². The fourth-order valence-electron chi connectivity index (χ4n) is 3.23. The molecule has 4 rings (SSSR count). The molecule has 1 aliphatic rings. The van der Waals surface area contributed by atoms with Crippen LogP contribution < -0.4 is 5.32 Å². The van der Waals surface area contributed by atoms with E-state index in [1.165, 1.54) is 0 Å². The summed E-state index contributed by atoms with van der Waals surface area (Å²) in [4.78, 5) is 25.0. The van der Waals surface area contributed by atoms with Crippen LogP contribution >= 0.6 is 0 Å². The maximum atomic E-state index is 13.0. The minimum Gasteiger partial charge on any atom is -0.386 e. The van der Waals surface area contributed by atoms with Gasteiger partial charge >= 0.3 is 0 Å². The summed E-state index contributed by atoms with van der Waals surface area (Å²) in [7, 11) is 0. The van der Waals surface area contributed by atoms with Crippen LogP contribution in [0, 0.1) is 12.8 Å². The van der Waals surface area contributed by atoms with Gasteiger partial charge in [0.25, 0.3) is 0 Å². The average Bonchev–Trinajstić information content (AvgIpc) is 3.44. The Bertz CT molecular complexity index is 1100. The first-order valence-corrected chi connectivity index (χ1v) is 9.43. The largest absolute Gasteiger partial charge is 0.386 e. The van der Waals surface area contributed by atoms with E-state index in [-0.39, 0.29) is 12.3 Å². The van der Waals surface area contributed by atoms with Gasteiger partial charge in [-0.3, -0.25) is 14.8 Å². The molecular formula is C22H21FN4O2. The monoisotopic (exact) mass is 392 g/mol. The second-order valence-electron chi connectivity index (χ2n) is 7.30. The number of aliphatic hydroxyl groups excluding tert-OH is 1. The zero-order valence-corrected chi connectivity index (χ0v) is 16.0. The predicted molar refractivity (Wildman–Crippen MR) is 109 cm³/mol. The Morgan fingerprint density at radius 1 is 1.31 bits per heavy atom. The quantitative estimate of drug-likeness (QED) is 0.621. The van der Waals surface area contributed by atoms with Gasteiger partial charge in [-0.15, -0.1) is 6.58 Å². The van der Waals surface area contributed by atoms with Crippen molar-refractivity contribution in [2.45, 2.75) is 32.0 Å². The summed E-state index contributed by atoms with van der Waals surface area (Å²) < 4.78 is 13.0. The number of hydrogen-bond acceptors (Lipinski definition) is 5. The molecule has 3 aromatic rings. The number of carbonyl (C=O) groups excluding carboxylic acids is 1. The molecule has 0 bridgehead atoms. The molecule has 0 saturated heterocycles. The molecule has 3 aromatic heterocycles. The van der Waals surface area contributed by atoms with E-state index < -0.39 is 18.2 Å². The minimum absolute atomic E-state index is 0.276. The molecule has 3 heterocycles. The first-order valence-electron chi connectivity index (χ1n) is 9.43. The highest BCUT2D eigenvalue weighted by Gasteiger charge is 2.43. The number of halogens is 1. The number of nitrogens with zero attached hydrogens (tertiary/aromatic N) is 3. The van der Waals surface area contributed by atoms with Crippen molar-refractivity contribution >= 4 is 22.6 Å². The number of pyridine rings is 3. The maximum Gasteiger partial charge on any atom is 0.231 e. The molecule has 6 nitrogen and oxygen atoms in total. The summed E-state index contributed by atoms with van der Waals surface area (Å²) >= 11 is 0. The van der Waals surface area contributed by atoms with Crippen molar-refractivity contribution in [1.29, 1.82) is 0 Å². The van der Waals surface area contributed by atoms with Crippen LogP contribution in [-0.2, 0) is 4.79 Å². The fourth-order valence-corrected chi connectivity index (χ4v) is 3.23. The molecule has 0 aromatic carbocycles. The summed E-state index contributed by atoms with van der Waals surface area (Å²) in [6.07, 6.45) is 5.76. The Labute approximate surface area is 167 Å². The molecule has 3 atom stereocenters. The van der Waals surface area contributed by atoms with Gasteiger partial charge in [-0.2, -0.15) is 0 Å². The molecule has 1 saturated carbocycles. The molecule has 2 N–H and O–H groups in total. The van der Waals surface area contributed by atoms with E-state index in [9.17, 15) is 14.3 Å². The van der Waals surface area contributed by atoms with Crippen molar-refractivity contribution < 1.29 is 14.3 Å². The van der Waals surface area contributed by atoms with Crippen molar-refractivity contribution in [3.63, 3.8) is 0 Å². The average molecular weight is 392 g/mol. The highest BCUT2D eigenvalue weighted by Crippen LogP contribution is 2.34. The van der Waals surface area contributed by atoms with Crippen molar-refractivity contribution in [2.24, 2.45) is 5.92 Å². The Balaban J connectivity index is 1.58. The van der Waals surface area contributed by atoms with Crippen LogP contribution in [0.1, 0.15) is 30.2 Å². The lowest BCUT2D eigenvalue weighted by atomic mass is 10.0. The number of aliphatic hydroxyl groups is 1. The maximum absolute atomic E-state index is 13.0. The van der Waals surface area contributed by atoms with Crippen LogP contribution in [-0.4, -0.2) is 32.1 Å². The van der Waals surface area contributed by atoms with Gasteiger partial charge in [0.1, 0.15) is 12.0 Å². The standard InChI is InChI=1S/C22H21FN4O2/c1-3-4-20(28)19-5-12(2)16(11-25-19)13-6-14-10-26-21(8-18(14)24-9-13)27-22(29)15-7-17(15)23/h3,5-6,8-11,15,17,20,28H,1,4,7H2,2H3,(H,26,27,29)/t15-,17+,20-/m0/s1. The van der Waals surface area contributed by atoms with Crippen molar-refractivity contribution in [3.8, 4) is 11.1 Å². The molecule has 1 aliphatic carbocycles.